The summed E-state index contributed by atoms with van der Waals surface area (Å²) in [4.78, 5) is 0. The second kappa shape index (κ2) is 2.73. The van der Waals surface area contributed by atoms with E-state index in [1.807, 2.05) is 0 Å². The third-order valence-corrected chi connectivity index (χ3v) is 1.30. The molecular weight excluding hydrogens is 184 g/mol. The molecule has 0 fully saturated rings. The first kappa shape index (κ1) is 6.42. The Morgan fingerprint density at radius 2 is 1.78 bits per heavy atom. The number of hydrogen-bond acceptors (Lipinski definition) is 2. The number of phenols is 1. The van der Waals surface area contributed by atoms with Crippen molar-refractivity contribution >= 4 is 16.3 Å². The largest absolute Gasteiger partial charge is 0.508 e. The molecule has 0 atom stereocenters. The van der Waals surface area contributed by atoms with Gasteiger partial charge in [0.2, 0.25) is 0 Å². The predicted molar refractivity (Wildman–Crippen MR) is 37.7 cm³/mol. The maximum atomic E-state index is 8.78. The van der Waals surface area contributed by atoms with E-state index in [1.165, 1.54) is 0 Å². The molecule has 0 aliphatic heterocycles. The highest BCUT2D eigenvalue weighted by Gasteiger charge is 1.88. The molecule has 9 heavy (non-hydrogen) atoms. The van der Waals surface area contributed by atoms with Gasteiger partial charge in [-0.2, -0.15) is 0 Å². The van der Waals surface area contributed by atoms with Crippen LogP contribution in [0.3, 0.4) is 0 Å². The Balaban J connectivity index is 2.88. The molecule has 2 nitrogen and oxygen atoms in total. The van der Waals surface area contributed by atoms with Crippen LogP contribution in [0.5, 0.6) is 11.5 Å². The summed E-state index contributed by atoms with van der Waals surface area (Å²) in [6.07, 6.45) is 0. The lowest BCUT2D eigenvalue weighted by Crippen LogP contribution is -1.70. The Labute approximate surface area is 61.5 Å². The molecular formula is C6H5BrO2. The van der Waals surface area contributed by atoms with Gasteiger partial charge in [0.25, 0.3) is 0 Å². The van der Waals surface area contributed by atoms with Gasteiger partial charge in [0.15, 0.2) is 16.3 Å². The van der Waals surface area contributed by atoms with Crippen molar-refractivity contribution in [3.05, 3.63) is 24.3 Å². The fourth-order valence-corrected chi connectivity index (χ4v) is 0.713. The number of phenolic OH excluding ortho intramolecular Hbond substituents is 1. The molecule has 0 saturated heterocycles. The van der Waals surface area contributed by atoms with Crippen LogP contribution >= 0.6 is 16.3 Å². The summed E-state index contributed by atoms with van der Waals surface area (Å²) in [5, 5.41) is 8.78. The standard InChI is InChI=1S/C6H5BrO2/c7-9-6-3-1-5(8)2-4-6/h1-4,8H. The molecule has 1 aromatic carbocycles. The molecule has 0 heterocycles. The molecule has 3 heteroatoms. The predicted octanol–water partition coefficient (Wildman–Crippen LogP) is 2.08. The summed E-state index contributed by atoms with van der Waals surface area (Å²) in [7, 11) is 0. The van der Waals surface area contributed by atoms with E-state index in [0.29, 0.717) is 5.75 Å². The Hall–Kier alpha value is -0.700. The minimum absolute atomic E-state index is 0.239. The zero-order valence-electron chi connectivity index (χ0n) is 4.54. The zero-order chi connectivity index (χ0) is 6.69. The first-order valence-corrected chi connectivity index (χ1v) is 3.05. The molecule has 1 N–H and O–H groups in total. The van der Waals surface area contributed by atoms with Crippen molar-refractivity contribution < 1.29 is 8.93 Å². The lowest BCUT2D eigenvalue weighted by Gasteiger charge is -1.93. The molecule has 1 rings (SSSR count). The normalized spacial score (nSPS) is 9.00. The molecule has 0 unspecified atom stereocenters. The number of aromatic hydroxyl groups is 1. The molecule has 0 saturated carbocycles. The number of benzene rings is 1. The van der Waals surface area contributed by atoms with E-state index >= 15 is 0 Å². The van der Waals surface area contributed by atoms with Crippen molar-refractivity contribution in [2.24, 2.45) is 0 Å². The number of rotatable bonds is 1. The molecule has 0 bridgehead atoms. The van der Waals surface area contributed by atoms with Crippen molar-refractivity contribution in [1.82, 2.24) is 0 Å². The Morgan fingerprint density at radius 3 is 2.22 bits per heavy atom. The fraction of sp³-hybridized carbons (Fsp3) is 0. The lowest BCUT2D eigenvalue weighted by atomic mass is 10.3. The quantitative estimate of drug-likeness (QED) is 0.732. The lowest BCUT2D eigenvalue weighted by molar-refractivity contribution is 0.474. The van der Waals surface area contributed by atoms with Crippen LogP contribution < -0.4 is 3.83 Å². The number of halogens is 1. The molecule has 0 aliphatic carbocycles. The summed E-state index contributed by atoms with van der Waals surface area (Å²) in [5.74, 6) is 0.913. The second-order valence-electron chi connectivity index (χ2n) is 1.57. The topological polar surface area (TPSA) is 29.5 Å². The van der Waals surface area contributed by atoms with E-state index in [1.54, 1.807) is 24.3 Å². The average Bonchev–Trinajstić information content (AvgIpc) is 1.90. The van der Waals surface area contributed by atoms with Crippen LogP contribution in [-0.2, 0) is 0 Å². The Kier molecular flexibility index (Phi) is 1.95. The van der Waals surface area contributed by atoms with Gasteiger partial charge in [-0.25, -0.2) is 0 Å². The van der Waals surface area contributed by atoms with Crippen LogP contribution in [0, 0.1) is 0 Å². The highest BCUT2D eigenvalue weighted by Crippen LogP contribution is 2.16. The van der Waals surface area contributed by atoms with Gasteiger partial charge in [-0.1, -0.05) is 0 Å². The van der Waals surface area contributed by atoms with Crippen LogP contribution in [0.25, 0.3) is 0 Å². The van der Waals surface area contributed by atoms with E-state index in [-0.39, 0.29) is 5.75 Å². The summed E-state index contributed by atoms with van der Waals surface area (Å²) in [5.41, 5.74) is 0. The zero-order valence-corrected chi connectivity index (χ0v) is 6.13. The van der Waals surface area contributed by atoms with E-state index in [4.69, 9.17) is 5.11 Å². The molecule has 1 aromatic rings. The van der Waals surface area contributed by atoms with Crippen molar-refractivity contribution in [2.45, 2.75) is 0 Å². The van der Waals surface area contributed by atoms with Crippen LogP contribution in [-0.4, -0.2) is 5.11 Å². The highest BCUT2D eigenvalue weighted by molar-refractivity contribution is 9.06. The summed E-state index contributed by atoms with van der Waals surface area (Å²) < 4.78 is 4.67. The van der Waals surface area contributed by atoms with Crippen LogP contribution in [0.15, 0.2) is 24.3 Å². The smallest absolute Gasteiger partial charge is 0.179 e. The van der Waals surface area contributed by atoms with E-state index in [9.17, 15) is 0 Å². The minimum Gasteiger partial charge on any atom is -0.508 e. The van der Waals surface area contributed by atoms with Gasteiger partial charge in [-0.3, -0.25) is 0 Å². The summed E-state index contributed by atoms with van der Waals surface area (Å²) in [6, 6.07) is 6.42. The average molecular weight is 189 g/mol. The van der Waals surface area contributed by atoms with Crippen LogP contribution in [0.4, 0.5) is 0 Å². The molecule has 0 radical (unpaired) electrons. The van der Waals surface area contributed by atoms with Gasteiger partial charge in [-0.15, -0.1) is 0 Å². The van der Waals surface area contributed by atoms with E-state index in [0.717, 1.165) is 0 Å². The maximum Gasteiger partial charge on any atom is 0.179 e. The molecule has 0 aromatic heterocycles. The van der Waals surface area contributed by atoms with E-state index < -0.39 is 0 Å². The fourth-order valence-electron chi connectivity index (χ4n) is 0.498. The van der Waals surface area contributed by atoms with Gasteiger partial charge in [-0.05, 0) is 24.3 Å². The second-order valence-corrected chi connectivity index (χ2v) is 1.89. The SMILES string of the molecule is Oc1ccc(OBr)cc1. The Morgan fingerprint density at radius 1 is 1.22 bits per heavy atom. The molecule has 0 amide bonds. The number of hydrogen-bond donors (Lipinski definition) is 1. The third kappa shape index (κ3) is 1.61. The van der Waals surface area contributed by atoms with Crippen LogP contribution in [0.1, 0.15) is 0 Å². The van der Waals surface area contributed by atoms with Gasteiger partial charge in [0.05, 0.1) is 0 Å². The minimum atomic E-state index is 0.239. The van der Waals surface area contributed by atoms with Crippen molar-refractivity contribution in [2.75, 3.05) is 0 Å². The van der Waals surface area contributed by atoms with Crippen LogP contribution in [0.2, 0.25) is 0 Å². The maximum absolute atomic E-state index is 8.78. The van der Waals surface area contributed by atoms with E-state index in [2.05, 4.69) is 20.1 Å². The molecule has 48 valence electrons. The summed E-state index contributed by atoms with van der Waals surface area (Å²) >= 11 is 2.80. The van der Waals surface area contributed by atoms with Gasteiger partial charge in [0.1, 0.15) is 11.5 Å². The third-order valence-electron chi connectivity index (χ3n) is 0.926. The van der Waals surface area contributed by atoms with Crippen molar-refractivity contribution in [1.29, 1.82) is 0 Å². The van der Waals surface area contributed by atoms with Gasteiger partial charge in [0, 0.05) is 0 Å². The van der Waals surface area contributed by atoms with Gasteiger partial charge >= 0.3 is 0 Å². The first-order chi connectivity index (χ1) is 4.33. The van der Waals surface area contributed by atoms with Crippen molar-refractivity contribution in [3.8, 4) is 11.5 Å². The molecule has 0 spiro atoms. The molecule has 0 aliphatic rings. The van der Waals surface area contributed by atoms with Gasteiger partial charge < -0.3 is 8.93 Å². The monoisotopic (exact) mass is 188 g/mol. The van der Waals surface area contributed by atoms with Crippen molar-refractivity contribution in [3.63, 3.8) is 0 Å². The highest BCUT2D eigenvalue weighted by atomic mass is 79.9. The summed E-state index contributed by atoms with van der Waals surface area (Å²) in [6.45, 7) is 0. The Bertz CT molecular complexity index is 183. The first-order valence-electron chi connectivity index (χ1n) is 2.40.